The summed E-state index contributed by atoms with van der Waals surface area (Å²) in [6, 6.07) is 13.7. The van der Waals surface area contributed by atoms with Crippen molar-refractivity contribution in [3.8, 4) is 0 Å². The van der Waals surface area contributed by atoms with E-state index in [1.165, 1.54) is 11.8 Å². The van der Waals surface area contributed by atoms with Gasteiger partial charge < -0.3 is 9.47 Å². The highest BCUT2D eigenvalue weighted by Gasteiger charge is 2.05. The molecule has 2 rings (SSSR count). The summed E-state index contributed by atoms with van der Waals surface area (Å²) in [6.45, 7) is 1.35. The normalized spacial score (nSPS) is 10.3. The first-order valence-electron chi connectivity index (χ1n) is 7.05. The highest BCUT2D eigenvalue weighted by molar-refractivity contribution is 5.88. The van der Waals surface area contributed by atoms with Gasteiger partial charge in [-0.2, -0.15) is 0 Å². The number of esters is 1. The summed E-state index contributed by atoms with van der Waals surface area (Å²) < 4.78 is 10.5. The standard InChI is InChI=1S/C17H19NO3/c19-17(16-9-4-10-18-14-16)21-13-12-20-11-5-8-15-6-2-1-3-7-15/h1-4,6-7,9-10,14H,5,8,11-13H2. The van der Waals surface area contributed by atoms with Crippen LogP contribution < -0.4 is 0 Å². The van der Waals surface area contributed by atoms with Gasteiger partial charge in [-0.05, 0) is 30.5 Å². The second kappa shape index (κ2) is 8.87. The van der Waals surface area contributed by atoms with Crippen LogP contribution in [0.25, 0.3) is 0 Å². The third-order valence-electron chi connectivity index (χ3n) is 2.96. The molecule has 0 atom stereocenters. The number of aromatic nitrogens is 1. The van der Waals surface area contributed by atoms with Crippen molar-refractivity contribution < 1.29 is 14.3 Å². The minimum absolute atomic E-state index is 0.263. The Balaban J connectivity index is 1.51. The molecule has 21 heavy (non-hydrogen) atoms. The number of benzene rings is 1. The van der Waals surface area contributed by atoms with Gasteiger partial charge in [0.15, 0.2) is 0 Å². The Hall–Kier alpha value is -2.20. The van der Waals surface area contributed by atoms with Gasteiger partial charge in [-0.3, -0.25) is 4.98 Å². The number of carbonyl (C=O) groups is 1. The van der Waals surface area contributed by atoms with E-state index in [-0.39, 0.29) is 12.6 Å². The molecule has 110 valence electrons. The molecule has 4 nitrogen and oxygen atoms in total. The number of hydrogen-bond acceptors (Lipinski definition) is 4. The lowest BCUT2D eigenvalue weighted by molar-refractivity contribution is 0.0314. The molecule has 4 heteroatoms. The van der Waals surface area contributed by atoms with Crippen LogP contribution in [0, 0.1) is 0 Å². The molecule has 0 aliphatic heterocycles. The number of rotatable bonds is 8. The molecule has 0 saturated carbocycles. The number of pyridine rings is 1. The Bertz CT molecular complexity index is 528. The number of aryl methyl sites for hydroxylation is 1. The Morgan fingerprint density at radius 1 is 1.00 bits per heavy atom. The highest BCUT2D eigenvalue weighted by atomic mass is 16.6. The zero-order valence-electron chi connectivity index (χ0n) is 11.9. The van der Waals surface area contributed by atoms with E-state index in [4.69, 9.17) is 9.47 Å². The van der Waals surface area contributed by atoms with Crippen molar-refractivity contribution in [2.45, 2.75) is 12.8 Å². The van der Waals surface area contributed by atoms with Crippen molar-refractivity contribution in [1.82, 2.24) is 4.98 Å². The fourth-order valence-corrected chi connectivity index (χ4v) is 1.89. The maximum atomic E-state index is 11.6. The predicted octanol–water partition coefficient (Wildman–Crippen LogP) is 2.89. The van der Waals surface area contributed by atoms with Gasteiger partial charge in [0.25, 0.3) is 0 Å². The largest absolute Gasteiger partial charge is 0.460 e. The first-order valence-corrected chi connectivity index (χ1v) is 7.05. The van der Waals surface area contributed by atoms with Crippen molar-refractivity contribution in [1.29, 1.82) is 0 Å². The van der Waals surface area contributed by atoms with Gasteiger partial charge in [0.1, 0.15) is 6.61 Å². The Kier molecular flexibility index (Phi) is 6.42. The molecule has 1 heterocycles. The van der Waals surface area contributed by atoms with Crippen molar-refractivity contribution in [2.75, 3.05) is 19.8 Å². The molecule has 0 fully saturated rings. The molecule has 0 bridgehead atoms. The fourth-order valence-electron chi connectivity index (χ4n) is 1.89. The first-order chi connectivity index (χ1) is 10.4. The number of ether oxygens (including phenoxy) is 2. The van der Waals surface area contributed by atoms with E-state index in [0.29, 0.717) is 18.8 Å². The summed E-state index contributed by atoms with van der Waals surface area (Å²) in [4.78, 5) is 15.5. The lowest BCUT2D eigenvalue weighted by atomic mass is 10.1. The smallest absolute Gasteiger partial charge is 0.339 e. The van der Waals surface area contributed by atoms with Crippen LogP contribution in [-0.4, -0.2) is 30.8 Å². The average Bonchev–Trinajstić information content (AvgIpc) is 2.55. The Morgan fingerprint density at radius 2 is 1.86 bits per heavy atom. The van der Waals surface area contributed by atoms with Gasteiger partial charge in [0.2, 0.25) is 0 Å². The maximum Gasteiger partial charge on any atom is 0.339 e. The fraction of sp³-hybridized carbons (Fsp3) is 0.294. The lowest BCUT2D eigenvalue weighted by Gasteiger charge is -2.06. The van der Waals surface area contributed by atoms with Crippen LogP contribution in [0.4, 0.5) is 0 Å². The number of nitrogens with zero attached hydrogens (tertiary/aromatic N) is 1. The molecular weight excluding hydrogens is 266 g/mol. The number of carbonyl (C=O) groups excluding carboxylic acids is 1. The predicted molar refractivity (Wildman–Crippen MR) is 80.1 cm³/mol. The molecule has 0 saturated heterocycles. The summed E-state index contributed by atoms with van der Waals surface area (Å²) >= 11 is 0. The number of hydrogen-bond donors (Lipinski definition) is 0. The Morgan fingerprint density at radius 3 is 2.62 bits per heavy atom. The minimum atomic E-state index is -0.365. The third kappa shape index (κ3) is 5.75. The highest BCUT2D eigenvalue weighted by Crippen LogP contribution is 2.02. The molecule has 1 aromatic carbocycles. The van der Waals surface area contributed by atoms with Crippen LogP contribution in [-0.2, 0) is 15.9 Å². The van der Waals surface area contributed by atoms with Gasteiger partial charge >= 0.3 is 5.97 Å². The SMILES string of the molecule is O=C(OCCOCCCc1ccccc1)c1cccnc1. The minimum Gasteiger partial charge on any atom is -0.460 e. The van der Waals surface area contributed by atoms with Crippen LogP contribution in [0.3, 0.4) is 0 Å². The van der Waals surface area contributed by atoms with Crippen molar-refractivity contribution in [3.63, 3.8) is 0 Å². The van der Waals surface area contributed by atoms with Crippen molar-refractivity contribution >= 4 is 5.97 Å². The van der Waals surface area contributed by atoms with E-state index >= 15 is 0 Å². The molecule has 0 aliphatic carbocycles. The molecule has 0 N–H and O–H groups in total. The van der Waals surface area contributed by atoms with Crippen molar-refractivity contribution in [2.24, 2.45) is 0 Å². The lowest BCUT2D eigenvalue weighted by Crippen LogP contribution is -2.11. The van der Waals surface area contributed by atoms with E-state index < -0.39 is 0 Å². The molecule has 0 spiro atoms. The van der Waals surface area contributed by atoms with Gasteiger partial charge in [-0.1, -0.05) is 30.3 Å². The second-order valence-corrected chi connectivity index (χ2v) is 4.58. The molecular formula is C17H19NO3. The van der Waals surface area contributed by atoms with E-state index in [1.54, 1.807) is 18.3 Å². The van der Waals surface area contributed by atoms with Crippen LogP contribution >= 0.6 is 0 Å². The molecule has 0 aliphatic rings. The zero-order valence-corrected chi connectivity index (χ0v) is 11.9. The first kappa shape index (κ1) is 15.2. The summed E-state index contributed by atoms with van der Waals surface area (Å²) in [5, 5.41) is 0. The summed E-state index contributed by atoms with van der Waals surface area (Å²) in [5.41, 5.74) is 1.77. The van der Waals surface area contributed by atoms with E-state index in [2.05, 4.69) is 17.1 Å². The maximum absolute atomic E-state index is 11.6. The third-order valence-corrected chi connectivity index (χ3v) is 2.96. The Labute approximate surface area is 124 Å². The van der Waals surface area contributed by atoms with Crippen LogP contribution in [0.15, 0.2) is 54.9 Å². The van der Waals surface area contributed by atoms with Crippen molar-refractivity contribution in [3.05, 3.63) is 66.0 Å². The molecule has 0 amide bonds. The van der Waals surface area contributed by atoms with Crippen LogP contribution in [0.5, 0.6) is 0 Å². The van der Waals surface area contributed by atoms with E-state index in [0.717, 1.165) is 12.8 Å². The summed E-state index contributed by atoms with van der Waals surface area (Å²) in [6.07, 6.45) is 5.06. The second-order valence-electron chi connectivity index (χ2n) is 4.58. The zero-order chi connectivity index (χ0) is 14.8. The molecule has 1 aromatic heterocycles. The van der Waals surface area contributed by atoms with Gasteiger partial charge in [0.05, 0.1) is 12.2 Å². The molecule has 0 unspecified atom stereocenters. The van der Waals surface area contributed by atoms with Gasteiger partial charge in [-0.15, -0.1) is 0 Å². The molecule has 0 radical (unpaired) electrons. The van der Waals surface area contributed by atoms with E-state index in [9.17, 15) is 4.79 Å². The summed E-state index contributed by atoms with van der Waals surface area (Å²) in [5.74, 6) is -0.365. The van der Waals surface area contributed by atoms with Crippen LogP contribution in [0.1, 0.15) is 22.3 Å². The topological polar surface area (TPSA) is 48.4 Å². The van der Waals surface area contributed by atoms with Gasteiger partial charge in [-0.25, -0.2) is 4.79 Å². The summed E-state index contributed by atoms with van der Waals surface area (Å²) in [7, 11) is 0. The van der Waals surface area contributed by atoms with E-state index in [1.807, 2.05) is 18.2 Å². The van der Waals surface area contributed by atoms with Crippen LogP contribution in [0.2, 0.25) is 0 Å². The monoisotopic (exact) mass is 285 g/mol. The average molecular weight is 285 g/mol. The van der Waals surface area contributed by atoms with Gasteiger partial charge in [0, 0.05) is 19.0 Å². The molecule has 2 aromatic rings. The quantitative estimate of drug-likeness (QED) is 0.553.